The Balaban J connectivity index is 2.99. The van der Waals surface area contributed by atoms with Crippen molar-refractivity contribution in [2.24, 2.45) is 0 Å². The predicted molar refractivity (Wildman–Crippen MR) is 55.6 cm³/mol. The van der Waals surface area contributed by atoms with Gasteiger partial charge in [0.25, 0.3) is 0 Å². The van der Waals surface area contributed by atoms with E-state index in [9.17, 15) is 9.90 Å². The highest BCUT2D eigenvalue weighted by atomic mass is 79.9. The maximum Gasteiger partial charge on any atom is 0.167 e. The molecule has 1 N–H and O–H groups in total. The number of carbonyl (C=O) groups is 1. The maximum atomic E-state index is 11.4. The lowest BCUT2D eigenvalue weighted by molar-refractivity contribution is 0.0987. The molecule has 0 aliphatic rings. The zero-order valence-corrected chi connectivity index (χ0v) is 8.97. The van der Waals surface area contributed by atoms with E-state index in [0.29, 0.717) is 17.3 Å². The van der Waals surface area contributed by atoms with E-state index < -0.39 is 0 Å². The summed E-state index contributed by atoms with van der Waals surface area (Å²) in [7, 11) is 0. The van der Waals surface area contributed by atoms with Crippen LogP contribution in [0.1, 0.15) is 22.3 Å². The van der Waals surface area contributed by atoms with Gasteiger partial charge >= 0.3 is 0 Å². The first-order valence-corrected chi connectivity index (χ1v) is 5.16. The molecule has 0 aliphatic carbocycles. The number of hydrogen-bond acceptors (Lipinski definition) is 2. The van der Waals surface area contributed by atoms with Crippen molar-refractivity contribution >= 4 is 21.7 Å². The number of carbonyl (C=O) groups excluding carboxylic acids is 1. The molecule has 0 fully saturated rings. The topological polar surface area (TPSA) is 37.3 Å². The molecule has 0 amide bonds. The van der Waals surface area contributed by atoms with Gasteiger partial charge in [-0.25, -0.2) is 0 Å². The average Bonchev–Trinajstić information content (AvgIpc) is 2.09. The number of alkyl halides is 1. The van der Waals surface area contributed by atoms with Crippen molar-refractivity contribution in [3.05, 3.63) is 29.3 Å². The number of aryl methyl sites for hydroxylation is 1. The largest absolute Gasteiger partial charge is 0.507 e. The number of halogens is 1. The van der Waals surface area contributed by atoms with Gasteiger partial charge in [0.05, 0.1) is 5.56 Å². The number of phenols is 1. The van der Waals surface area contributed by atoms with E-state index in [4.69, 9.17) is 0 Å². The van der Waals surface area contributed by atoms with E-state index in [1.807, 2.05) is 6.92 Å². The molecule has 13 heavy (non-hydrogen) atoms. The van der Waals surface area contributed by atoms with Crippen molar-refractivity contribution in [2.45, 2.75) is 13.3 Å². The summed E-state index contributed by atoms with van der Waals surface area (Å²) in [4.78, 5) is 11.4. The maximum absolute atomic E-state index is 11.4. The molecular weight excluding hydrogens is 232 g/mol. The Kier molecular flexibility index (Phi) is 3.48. The minimum Gasteiger partial charge on any atom is -0.507 e. The van der Waals surface area contributed by atoms with Crippen LogP contribution in [-0.2, 0) is 0 Å². The summed E-state index contributed by atoms with van der Waals surface area (Å²) in [6, 6.07) is 5.04. The number of phenolic OH excluding ortho intramolecular Hbond substituents is 1. The standard InChI is InChI=1S/C10H11BrO2/c1-7-2-3-9(12)8(6-7)10(13)4-5-11/h2-3,6,12H,4-5H2,1H3. The van der Waals surface area contributed by atoms with Crippen molar-refractivity contribution in [1.29, 1.82) is 0 Å². The highest BCUT2D eigenvalue weighted by molar-refractivity contribution is 9.09. The van der Waals surface area contributed by atoms with Crippen LogP contribution in [0.15, 0.2) is 18.2 Å². The third kappa shape index (κ3) is 2.56. The van der Waals surface area contributed by atoms with Crippen LogP contribution in [0.5, 0.6) is 5.75 Å². The van der Waals surface area contributed by atoms with Gasteiger partial charge in [-0.3, -0.25) is 4.79 Å². The summed E-state index contributed by atoms with van der Waals surface area (Å²) < 4.78 is 0. The number of benzene rings is 1. The van der Waals surface area contributed by atoms with Gasteiger partial charge in [0.2, 0.25) is 0 Å². The van der Waals surface area contributed by atoms with Crippen LogP contribution in [0.4, 0.5) is 0 Å². The van der Waals surface area contributed by atoms with Crippen molar-refractivity contribution in [3.8, 4) is 5.75 Å². The van der Waals surface area contributed by atoms with Gasteiger partial charge < -0.3 is 5.11 Å². The van der Waals surface area contributed by atoms with Crippen molar-refractivity contribution < 1.29 is 9.90 Å². The molecule has 70 valence electrons. The highest BCUT2D eigenvalue weighted by Gasteiger charge is 2.09. The van der Waals surface area contributed by atoms with Crippen LogP contribution in [-0.4, -0.2) is 16.2 Å². The van der Waals surface area contributed by atoms with Crippen LogP contribution >= 0.6 is 15.9 Å². The summed E-state index contributed by atoms with van der Waals surface area (Å²) in [6.45, 7) is 1.89. The van der Waals surface area contributed by atoms with Crippen LogP contribution in [0.2, 0.25) is 0 Å². The molecule has 1 aromatic rings. The van der Waals surface area contributed by atoms with Gasteiger partial charge in [-0.05, 0) is 19.1 Å². The number of Topliss-reactive ketones (excluding diaryl/α,β-unsaturated/α-hetero) is 1. The van der Waals surface area contributed by atoms with E-state index in [1.165, 1.54) is 0 Å². The lowest BCUT2D eigenvalue weighted by atomic mass is 10.1. The van der Waals surface area contributed by atoms with E-state index in [1.54, 1.807) is 18.2 Å². The summed E-state index contributed by atoms with van der Waals surface area (Å²) in [6.07, 6.45) is 0.414. The molecule has 0 radical (unpaired) electrons. The lowest BCUT2D eigenvalue weighted by Gasteiger charge is -2.03. The molecular formula is C10H11BrO2. The van der Waals surface area contributed by atoms with E-state index in [0.717, 1.165) is 5.56 Å². The first-order chi connectivity index (χ1) is 6.15. The number of hydrogen-bond donors (Lipinski definition) is 1. The molecule has 0 unspecified atom stereocenters. The van der Waals surface area contributed by atoms with Crippen molar-refractivity contribution in [1.82, 2.24) is 0 Å². The molecule has 1 aromatic carbocycles. The molecule has 0 spiro atoms. The average molecular weight is 243 g/mol. The van der Waals surface area contributed by atoms with E-state index in [-0.39, 0.29) is 11.5 Å². The molecule has 1 rings (SSSR count). The SMILES string of the molecule is Cc1ccc(O)c(C(=O)CCBr)c1. The normalized spacial score (nSPS) is 10.0. The first-order valence-electron chi connectivity index (χ1n) is 4.04. The van der Waals surface area contributed by atoms with Crippen LogP contribution in [0.25, 0.3) is 0 Å². The van der Waals surface area contributed by atoms with Crippen LogP contribution < -0.4 is 0 Å². The molecule has 3 heteroatoms. The Labute approximate surface area is 85.7 Å². The monoisotopic (exact) mass is 242 g/mol. The zero-order valence-electron chi connectivity index (χ0n) is 7.38. The molecule has 0 aliphatic heterocycles. The molecule has 0 saturated heterocycles. The molecule has 0 heterocycles. The molecule has 0 aromatic heterocycles. The summed E-state index contributed by atoms with van der Waals surface area (Å²) >= 11 is 3.19. The van der Waals surface area contributed by atoms with Crippen molar-refractivity contribution in [3.63, 3.8) is 0 Å². The zero-order chi connectivity index (χ0) is 9.84. The number of ketones is 1. The van der Waals surface area contributed by atoms with Gasteiger partial charge in [0, 0.05) is 11.8 Å². The van der Waals surface area contributed by atoms with Gasteiger partial charge in [0.1, 0.15) is 5.75 Å². The van der Waals surface area contributed by atoms with E-state index >= 15 is 0 Å². The second-order valence-electron chi connectivity index (χ2n) is 2.88. The molecule has 2 nitrogen and oxygen atoms in total. The Morgan fingerprint density at radius 1 is 1.54 bits per heavy atom. The number of aromatic hydroxyl groups is 1. The van der Waals surface area contributed by atoms with Gasteiger partial charge in [0.15, 0.2) is 5.78 Å². The minimum atomic E-state index is -0.0296. The summed E-state index contributed by atoms with van der Waals surface area (Å²) in [5, 5.41) is 10.0. The van der Waals surface area contributed by atoms with Gasteiger partial charge in [-0.15, -0.1) is 0 Å². The Morgan fingerprint density at radius 3 is 2.85 bits per heavy atom. The van der Waals surface area contributed by atoms with E-state index in [2.05, 4.69) is 15.9 Å². The molecule has 0 atom stereocenters. The highest BCUT2D eigenvalue weighted by Crippen LogP contribution is 2.19. The van der Waals surface area contributed by atoms with Crippen molar-refractivity contribution in [2.75, 3.05) is 5.33 Å². The molecule has 0 saturated carbocycles. The Morgan fingerprint density at radius 2 is 2.23 bits per heavy atom. The quantitative estimate of drug-likeness (QED) is 0.654. The Hall–Kier alpha value is -0.830. The fourth-order valence-electron chi connectivity index (χ4n) is 1.09. The third-order valence-corrected chi connectivity index (χ3v) is 2.17. The first kappa shape index (κ1) is 10.3. The van der Waals surface area contributed by atoms with Gasteiger partial charge in [-0.2, -0.15) is 0 Å². The minimum absolute atomic E-state index is 0.0296. The summed E-state index contributed by atoms with van der Waals surface area (Å²) in [5.74, 6) is 0.0367. The third-order valence-electron chi connectivity index (χ3n) is 1.77. The second-order valence-corrected chi connectivity index (χ2v) is 3.68. The van der Waals surface area contributed by atoms with Crippen LogP contribution in [0.3, 0.4) is 0 Å². The van der Waals surface area contributed by atoms with Gasteiger partial charge in [-0.1, -0.05) is 27.6 Å². The number of rotatable bonds is 3. The summed E-state index contributed by atoms with van der Waals surface area (Å²) in [5.41, 5.74) is 1.40. The predicted octanol–water partition coefficient (Wildman–Crippen LogP) is 2.67. The second kappa shape index (κ2) is 4.42. The fourth-order valence-corrected chi connectivity index (χ4v) is 1.45. The molecule has 0 bridgehead atoms. The lowest BCUT2D eigenvalue weighted by Crippen LogP contribution is -2.00. The Bertz CT molecular complexity index is 321. The van der Waals surface area contributed by atoms with Crippen LogP contribution in [0, 0.1) is 6.92 Å². The fraction of sp³-hybridized carbons (Fsp3) is 0.300. The smallest absolute Gasteiger partial charge is 0.167 e.